The van der Waals surface area contributed by atoms with E-state index in [0.717, 1.165) is 15.8 Å². The molecule has 1 aromatic carbocycles. The molecular weight excluding hydrogens is 334 g/mol. The van der Waals surface area contributed by atoms with E-state index in [1.54, 1.807) is 6.07 Å². The number of hydrogen-bond acceptors (Lipinski definition) is 7. The molecule has 0 saturated heterocycles. The summed E-state index contributed by atoms with van der Waals surface area (Å²) in [4.78, 5) is 36.0. The summed E-state index contributed by atoms with van der Waals surface area (Å²) >= 11 is 1.50. The number of ether oxygens (including phenoxy) is 2. The van der Waals surface area contributed by atoms with Crippen LogP contribution in [0.1, 0.15) is 30.5 Å². The van der Waals surface area contributed by atoms with Gasteiger partial charge in [-0.15, -0.1) is 11.3 Å². The highest BCUT2D eigenvalue weighted by Gasteiger charge is 2.21. The average molecular weight is 349 g/mol. The van der Waals surface area contributed by atoms with E-state index >= 15 is 0 Å². The maximum Gasteiger partial charge on any atom is 0.338 e. The lowest BCUT2D eigenvalue weighted by Crippen LogP contribution is -2.13. The smallest absolute Gasteiger partial charge is 0.338 e. The maximum absolute atomic E-state index is 12.2. The molecule has 0 atom stereocenters. The molecule has 0 fully saturated rings. The molecular formula is C16H15NO6S. The number of methoxy groups -OCH3 is 1. The van der Waals surface area contributed by atoms with Crippen molar-refractivity contribution in [3.8, 4) is 5.75 Å². The quantitative estimate of drug-likeness (QED) is 0.343. The second-order valence-electron chi connectivity index (χ2n) is 4.97. The summed E-state index contributed by atoms with van der Waals surface area (Å²) in [5.74, 6) is -1.03. The number of nitro benzene ring substituents is 1. The Morgan fingerprint density at radius 2 is 1.96 bits per heavy atom. The molecule has 1 aromatic heterocycles. The van der Waals surface area contributed by atoms with Crippen molar-refractivity contribution in [2.75, 3.05) is 13.7 Å². The van der Waals surface area contributed by atoms with Crippen LogP contribution in [0.25, 0.3) is 0 Å². The molecule has 0 aliphatic carbocycles. The van der Waals surface area contributed by atoms with Gasteiger partial charge in [-0.05, 0) is 32.0 Å². The molecule has 126 valence electrons. The van der Waals surface area contributed by atoms with Gasteiger partial charge in [0.05, 0.1) is 17.6 Å². The molecule has 0 bridgehead atoms. The van der Waals surface area contributed by atoms with Crippen molar-refractivity contribution in [2.24, 2.45) is 0 Å². The number of carbonyl (C=O) groups excluding carboxylic acids is 2. The zero-order valence-corrected chi connectivity index (χ0v) is 14.1. The zero-order valence-electron chi connectivity index (χ0n) is 13.3. The molecule has 2 rings (SSSR count). The largest absolute Gasteiger partial charge is 0.478 e. The molecule has 0 N–H and O–H groups in total. The van der Waals surface area contributed by atoms with E-state index in [0.29, 0.717) is 5.56 Å². The van der Waals surface area contributed by atoms with Crippen LogP contribution in [-0.4, -0.2) is 30.4 Å². The molecule has 0 amide bonds. The summed E-state index contributed by atoms with van der Waals surface area (Å²) in [6.07, 6.45) is 0. The fourth-order valence-electron chi connectivity index (χ4n) is 2.16. The summed E-state index contributed by atoms with van der Waals surface area (Å²) in [6.45, 7) is 3.40. The van der Waals surface area contributed by atoms with E-state index < -0.39 is 16.6 Å². The third kappa shape index (κ3) is 3.77. The van der Waals surface area contributed by atoms with Crippen LogP contribution in [0.5, 0.6) is 5.75 Å². The predicted molar refractivity (Wildman–Crippen MR) is 88.1 cm³/mol. The molecule has 0 spiro atoms. The van der Waals surface area contributed by atoms with Crippen LogP contribution in [0, 0.1) is 24.0 Å². The van der Waals surface area contributed by atoms with Crippen molar-refractivity contribution in [2.45, 2.75) is 13.8 Å². The third-order valence-corrected chi connectivity index (χ3v) is 4.24. The summed E-state index contributed by atoms with van der Waals surface area (Å²) < 4.78 is 9.84. The van der Waals surface area contributed by atoms with Crippen molar-refractivity contribution in [3.63, 3.8) is 0 Å². The van der Waals surface area contributed by atoms with Crippen LogP contribution in [0.15, 0.2) is 24.3 Å². The average Bonchev–Trinajstić information content (AvgIpc) is 2.90. The van der Waals surface area contributed by atoms with Crippen LogP contribution >= 0.6 is 11.3 Å². The van der Waals surface area contributed by atoms with Crippen LogP contribution in [-0.2, 0) is 4.74 Å². The van der Waals surface area contributed by atoms with E-state index in [4.69, 9.17) is 4.74 Å². The van der Waals surface area contributed by atoms with Gasteiger partial charge in [-0.25, -0.2) is 4.79 Å². The van der Waals surface area contributed by atoms with Gasteiger partial charge in [0, 0.05) is 21.4 Å². The van der Waals surface area contributed by atoms with Crippen molar-refractivity contribution < 1.29 is 24.0 Å². The van der Waals surface area contributed by atoms with E-state index in [-0.39, 0.29) is 23.7 Å². The van der Waals surface area contributed by atoms with Gasteiger partial charge in [0.2, 0.25) is 5.78 Å². The second-order valence-corrected chi connectivity index (χ2v) is 6.43. The lowest BCUT2D eigenvalue weighted by atomic mass is 10.1. The van der Waals surface area contributed by atoms with E-state index in [1.807, 2.05) is 13.8 Å². The monoisotopic (exact) mass is 349 g/mol. The molecule has 24 heavy (non-hydrogen) atoms. The second kappa shape index (κ2) is 7.22. The number of aryl methyl sites for hydroxylation is 2. The van der Waals surface area contributed by atoms with Crippen molar-refractivity contribution in [1.82, 2.24) is 0 Å². The number of carbonyl (C=O) groups is 2. The van der Waals surface area contributed by atoms with Gasteiger partial charge < -0.3 is 9.47 Å². The number of benzene rings is 1. The number of rotatable bonds is 6. The van der Waals surface area contributed by atoms with Gasteiger partial charge in [-0.1, -0.05) is 0 Å². The van der Waals surface area contributed by atoms with Crippen molar-refractivity contribution in [3.05, 3.63) is 55.3 Å². The Morgan fingerprint density at radius 1 is 1.25 bits per heavy atom. The fraction of sp³-hybridized carbons (Fsp3) is 0.250. The summed E-state index contributed by atoms with van der Waals surface area (Å²) in [7, 11) is 1.18. The normalized spacial score (nSPS) is 10.3. The number of esters is 1. The Bertz CT molecular complexity index is 811. The number of Topliss-reactive ketones (excluding diaryl/α,β-unsaturated/α-hetero) is 1. The molecule has 0 saturated carbocycles. The number of nitro groups is 1. The summed E-state index contributed by atoms with van der Waals surface area (Å²) in [5.41, 5.74) is 0.183. The first-order valence-corrected chi connectivity index (χ1v) is 7.75. The molecule has 7 nitrogen and oxygen atoms in total. The van der Waals surface area contributed by atoms with Crippen LogP contribution < -0.4 is 4.74 Å². The molecule has 0 radical (unpaired) electrons. The minimum atomic E-state index is -0.690. The molecule has 0 aliphatic rings. The Hall–Kier alpha value is -2.74. The molecule has 2 aromatic rings. The predicted octanol–water partition coefficient (Wildman–Crippen LogP) is 3.32. The number of hydrogen-bond donors (Lipinski definition) is 0. The number of ketones is 1. The van der Waals surface area contributed by atoms with Crippen LogP contribution in [0.2, 0.25) is 0 Å². The number of thiophene rings is 1. The first-order chi connectivity index (χ1) is 11.3. The summed E-state index contributed by atoms with van der Waals surface area (Å²) in [5, 5.41) is 11.1. The lowest BCUT2D eigenvalue weighted by molar-refractivity contribution is -0.385. The van der Waals surface area contributed by atoms with Gasteiger partial charge in [-0.3, -0.25) is 14.9 Å². The molecule has 8 heteroatoms. The van der Waals surface area contributed by atoms with Gasteiger partial charge in [0.1, 0.15) is 0 Å². The first kappa shape index (κ1) is 17.6. The standard InChI is InChI=1S/C16H15NO6S/c1-9-6-12(10(2)24-9)14(18)8-23-15-5-4-11(16(19)22-3)7-13(15)17(20)21/h4-7H,8H2,1-3H3. The number of nitrogens with zero attached hydrogens (tertiary/aromatic N) is 1. The first-order valence-electron chi connectivity index (χ1n) is 6.93. The Kier molecular flexibility index (Phi) is 5.30. The maximum atomic E-state index is 12.2. The molecule has 1 heterocycles. The fourth-order valence-corrected chi connectivity index (χ4v) is 3.10. The van der Waals surface area contributed by atoms with Crippen LogP contribution in [0.3, 0.4) is 0 Å². The van der Waals surface area contributed by atoms with Crippen LogP contribution in [0.4, 0.5) is 5.69 Å². The van der Waals surface area contributed by atoms with Gasteiger partial charge in [-0.2, -0.15) is 0 Å². The minimum absolute atomic E-state index is 0.0344. The Labute approximate surface area is 142 Å². The lowest BCUT2D eigenvalue weighted by Gasteiger charge is -2.07. The molecule has 0 aliphatic heterocycles. The topological polar surface area (TPSA) is 95.7 Å². The highest BCUT2D eigenvalue weighted by atomic mass is 32.1. The Morgan fingerprint density at radius 3 is 2.50 bits per heavy atom. The minimum Gasteiger partial charge on any atom is -0.478 e. The zero-order chi connectivity index (χ0) is 17.9. The van der Waals surface area contributed by atoms with E-state index in [2.05, 4.69) is 4.74 Å². The summed E-state index contributed by atoms with van der Waals surface area (Å²) in [6, 6.07) is 5.45. The van der Waals surface area contributed by atoms with E-state index in [1.165, 1.54) is 30.6 Å². The van der Waals surface area contributed by atoms with Crippen molar-refractivity contribution >= 4 is 28.8 Å². The van der Waals surface area contributed by atoms with Gasteiger partial charge in [0.15, 0.2) is 12.4 Å². The van der Waals surface area contributed by atoms with Gasteiger partial charge in [0.25, 0.3) is 0 Å². The third-order valence-electron chi connectivity index (χ3n) is 3.28. The van der Waals surface area contributed by atoms with E-state index in [9.17, 15) is 19.7 Å². The van der Waals surface area contributed by atoms with Gasteiger partial charge >= 0.3 is 11.7 Å². The highest BCUT2D eigenvalue weighted by molar-refractivity contribution is 7.12. The van der Waals surface area contributed by atoms with Crippen molar-refractivity contribution in [1.29, 1.82) is 0 Å². The molecule has 0 unspecified atom stereocenters. The SMILES string of the molecule is COC(=O)c1ccc(OCC(=O)c2cc(C)sc2C)c([N+](=O)[O-])c1. The Balaban J connectivity index is 2.20. The highest BCUT2D eigenvalue weighted by Crippen LogP contribution is 2.29.